The Morgan fingerprint density at radius 2 is 1.74 bits per heavy atom. The van der Waals surface area contributed by atoms with Gasteiger partial charge in [0.05, 0.1) is 18.8 Å². The van der Waals surface area contributed by atoms with Crippen LogP contribution in [0.15, 0.2) is 72.8 Å². The number of methoxy groups -OCH3 is 1. The van der Waals surface area contributed by atoms with Crippen LogP contribution >= 0.6 is 11.6 Å². The average molecular weight is 379 g/mol. The van der Waals surface area contributed by atoms with Crippen molar-refractivity contribution < 1.29 is 4.74 Å². The molecule has 138 valence electrons. The lowest BCUT2D eigenvalue weighted by Gasteiger charge is -2.43. The Morgan fingerprint density at radius 1 is 1.00 bits per heavy atom. The molecule has 4 rings (SSSR count). The molecule has 1 aliphatic rings. The van der Waals surface area contributed by atoms with Crippen LogP contribution in [0.25, 0.3) is 0 Å². The van der Waals surface area contributed by atoms with Crippen LogP contribution in [-0.2, 0) is 6.42 Å². The predicted octanol–water partition coefficient (Wildman–Crippen LogP) is 5.41. The van der Waals surface area contributed by atoms with Gasteiger partial charge in [-0.15, -0.1) is 0 Å². The molecule has 3 nitrogen and oxygen atoms in total. The third-order valence-corrected chi connectivity index (χ3v) is 5.28. The SMILES string of the molecule is COc1ccc(C[C@]2(C)Nc3ccc(Cl)cc3[C@H](c3ccccc3)N2)cc1. The molecule has 1 heterocycles. The smallest absolute Gasteiger partial charge is 0.118 e. The maximum absolute atomic E-state index is 6.29. The zero-order valence-corrected chi connectivity index (χ0v) is 16.3. The largest absolute Gasteiger partial charge is 0.497 e. The van der Waals surface area contributed by atoms with Crippen molar-refractivity contribution in [3.8, 4) is 5.75 Å². The van der Waals surface area contributed by atoms with E-state index in [4.69, 9.17) is 16.3 Å². The number of benzene rings is 3. The van der Waals surface area contributed by atoms with E-state index in [-0.39, 0.29) is 11.7 Å². The first-order chi connectivity index (χ1) is 13.1. The van der Waals surface area contributed by atoms with Gasteiger partial charge in [-0.1, -0.05) is 54.1 Å². The van der Waals surface area contributed by atoms with Crippen LogP contribution in [-0.4, -0.2) is 12.8 Å². The fraction of sp³-hybridized carbons (Fsp3) is 0.217. The maximum Gasteiger partial charge on any atom is 0.118 e. The quantitative estimate of drug-likeness (QED) is 0.636. The molecule has 3 aromatic rings. The van der Waals surface area contributed by atoms with Crippen molar-refractivity contribution in [3.63, 3.8) is 0 Å². The van der Waals surface area contributed by atoms with Crippen molar-refractivity contribution in [3.05, 3.63) is 94.5 Å². The highest BCUT2D eigenvalue weighted by Crippen LogP contribution is 2.38. The van der Waals surface area contributed by atoms with E-state index in [9.17, 15) is 0 Å². The topological polar surface area (TPSA) is 33.3 Å². The third-order valence-electron chi connectivity index (χ3n) is 5.05. The van der Waals surface area contributed by atoms with Gasteiger partial charge in [-0.05, 0) is 53.9 Å². The van der Waals surface area contributed by atoms with Gasteiger partial charge in [-0.25, -0.2) is 0 Å². The monoisotopic (exact) mass is 378 g/mol. The summed E-state index contributed by atoms with van der Waals surface area (Å²) in [5.74, 6) is 0.871. The van der Waals surface area contributed by atoms with E-state index >= 15 is 0 Å². The first-order valence-electron chi connectivity index (χ1n) is 9.09. The predicted molar refractivity (Wildman–Crippen MR) is 112 cm³/mol. The van der Waals surface area contributed by atoms with Crippen LogP contribution in [0.5, 0.6) is 5.75 Å². The number of fused-ring (bicyclic) bond motifs is 1. The van der Waals surface area contributed by atoms with Crippen molar-refractivity contribution in [1.82, 2.24) is 5.32 Å². The maximum atomic E-state index is 6.29. The summed E-state index contributed by atoms with van der Waals surface area (Å²) in [4.78, 5) is 0. The normalized spacial score (nSPS) is 21.2. The molecule has 0 aliphatic carbocycles. The summed E-state index contributed by atoms with van der Waals surface area (Å²) in [5.41, 5.74) is 4.45. The average Bonchev–Trinajstić information content (AvgIpc) is 2.69. The summed E-state index contributed by atoms with van der Waals surface area (Å²) in [7, 11) is 1.69. The van der Waals surface area contributed by atoms with Crippen molar-refractivity contribution in [1.29, 1.82) is 0 Å². The molecule has 0 bridgehead atoms. The number of anilines is 1. The van der Waals surface area contributed by atoms with Gasteiger partial charge in [0, 0.05) is 17.1 Å². The molecule has 2 atom stereocenters. The third kappa shape index (κ3) is 3.80. The molecule has 3 aromatic carbocycles. The van der Waals surface area contributed by atoms with Gasteiger partial charge in [0.1, 0.15) is 5.75 Å². The van der Waals surface area contributed by atoms with Crippen molar-refractivity contribution in [2.24, 2.45) is 0 Å². The molecule has 0 amide bonds. The second kappa shape index (κ2) is 7.26. The Balaban J connectivity index is 1.69. The first kappa shape index (κ1) is 17.9. The van der Waals surface area contributed by atoms with E-state index in [0.717, 1.165) is 22.9 Å². The first-order valence-corrected chi connectivity index (χ1v) is 9.47. The van der Waals surface area contributed by atoms with Gasteiger partial charge in [-0.2, -0.15) is 0 Å². The number of nitrogens with one attached hydrogen (secondary N) is 2. The van der Waals surface area contributed by atoms with Gasteiger partial charge in [0.2, 0.25) is 0 Å². The summed E-state index contributed by atoms with van der Waals surface area (Å²) >= 11 is 6.29. The Morgan fingerprint density at radius 3 is 2.44 bits per heavy atom. The molecule has 0 spiro atoms. The minimum atomic E-state index is -0.296. The van der Waals surface area contributed by atoms with Crippen LogP contribution < -0.4 is 15.4 Å². The lowest BCUT2D eigenvalue weighted by molar-refractivity contribution is 0.354. The van der Waals surface area contributed by atoms with E-state index in [1.807, 2.05) is 30.3 Å². The molecule has 2 N–H and O–H groups in total. The summed E-state index contributed by atoms with van der Waals surface area (Å²) in [6, 6.07) is 24.9. The number of halogens is 1. The molecular formula is C23H23ClN2O. The molecule has 0 aromatic heterocycles. The summed E-state index contributed by atoms with van der Waals surface area (Å²) in [6.07, 6.45) is 0.836. The van der Waals surface area contributed by atoms with Gasteiger partial charge in [-0.3, -0.25) is 5.32 Å². The van der Waals surface area contributed by atoms with E-state index in [2.05, 4.69) is 60.0 Å². The second-order valence-electron chi connectivity index (χ2n) is 7.20. The number of ether oxygens (including phenoxy) is 1. The lowest BCUT2D eigenvalue weighted by atomic mass is 9.89. The number of hydrogen-bond donors (Lipinski definition) is 2. The van der Waals surface area contributed by atoms with Crippen molar-refractivity contribution in [2.75, 3.05) is 12.4 Å². The van der Waals surface area contributed by atoms with Crippen LogP contribution in [0.1, 0.15) is 29.7 Å². The lowest BCUT2D eigenvalue weighted by Crippen LogP contribution is -2.55. The highest BCUT2D eigenvalue weighted by atomic mass is 35.5. The molecule has 1 aliphatic heterocycles. The Kier molecular flexibility index (Phi) is 4.81. The number of rotatable bonds is 4. The molecule has 27 heavy (non-hydrogen) atoms. The van der Waals surface area contributed by atoms with E-state index in [1.54, 1.807) is 7.11 Å². The molecule has 0 unspecified atom stereocenters. The Labute approximate surface area is 165 Å². The standard InChI is InChI=1S/C23H23ClN2O/c1-23(15-16-8-11-19(27-2)12-9-16)25-21-13-10-18(24)14-20(21)22(26-23)17-6-4-3-5-7-17/h3-14,22,25-26H,15H2,1-2H3/t22-,23+/m0/s1. The number of hydrogen-bond acceptors (Lipinski definition) is 3. The van der Waals surface area contributed by atoms with Crippen LogP contribution in [0.3, 0.4) is 0 Å². The Hall–Kier alpha value is -2.49. The molecule has 0 radical (unpaired) electrons. The van der Waals surface area contributed by atoms with Crippen LogP contribution in [0.4, 0.5) is 5.69 Å². The van der Waals surface area contributed by atoms with Gasteiger partial charge >= 0.3 is 0 Å². The molecule has 4 heteroatoms. The van der Waals surface area contributed by atoms with Crippen molar-refractivity contribution in [2.45, 2.75) is 25.0 Å². The van der Waals surface area contributed by atoms with Gasteiger partial charge in [0.15, 0.2) is 0 Å². The van der Waals surface area contributed by atoms with E-state index < -0.39 is 0 Å². The van der Waals surface area contributed by atoms with Crippen molar-refractivity contribution >= 4 is 17.3 Å². The molecule has 0 saturated heterocycles. The van der Waals surface area contributed by atoms with Crippen LogP contribution in [0.2, 0.25) is 5.02 Å². The Bertz CT molecular complexity index is 927. The summed E-state index contributed by atoms with van der Waals surface area (Å²) in [6.45, 7) is 2.20. The summed E-state index contributed by atoms with van der Waals surface area (Å²) < 4.78 is 5.27. The minimum Gasteiger partial charge on any atom is -0.497 e. The second-order valence-corrected chi connectivity index (χ2v) is 7.64. The zero-order valence-electron chi connectivity index (χ0n) is 15.5. The molecule has 0 fully saturated rings. The fourth-order valence-corrected chi connectivity index (χ4v) is 3.95. The zero-order chi connectivity index (χ0) is 18.9. The van der Waals surface area contributed by atoms with Gasteiger partial charge < -0.3 is 10.1 Å². The fourth-order valence-electron chi connectivity index (χ4n) is 3.77. The molecular weight excluding hydrogens is 356 g/mol. The van der Waals surface area contributed by atoms with E-state index in [1.165, 1.54) is 16.7 Å². The summed E-state index contributed by atoms with van der Waals surface area (Å²) in [5, 5.41) is 8.23. The highest BCUT2D eigenvalue weighted by Gasteiger charge is 2.35. The van der Waals surface area contributed by atoms with E-state index in [0.29, 0.717) is 0 Å². The minimum absolute atomic E-state index is 0.0735. The molecule has 0 saturated carbocycles. The highest BCUT2D eigenvalue weighted by molar-refractivity contribution is 6.30. The van der Waals surface area contributed by atoms with Gasteiger partial charge in [0.25, 0.3) is 0 Å². The van der Waals surface area contributed by atoms with Crippen LogP contribution in [0, 0.1) is 0 Å².